The number of amides is 1. The molecule has 1 atom stereocenters. The molecule has 1 amide bonds. The molecule has 0 aromatic heterocycles. The highest BCUT2D eigenvalue weighted by atomic mass is 79.9. The number of carbonyl (C=O) groups excluding carboxylic acids is 1. The van der Waals surface area contributed by atoms with Crippen LogP contribution in [0.2, 0.25) is 0 Å². The molecular weight excluding hydrogens is 424 g/mol. The number of nitrogens with zero attached hydrogens (tertiary/aromatic N) is 3. The number of hydrazone groups is 1. The van der Waals surface area contributed by atoms with Gasteiger partial charge in [0.1, 0.15) is 5.70 Å². The van der Waals surface area contributed by atoms with Crippen LogP contribution in [0.3, 0.4) is 0 Å². The van der Waals surface area contributed by atoms with Crippen molar-refractivity contribution < 1.29 is 4.79 Å². The second-order valence-corrected chi connectivity index (χ2v) is 8.13. The number of rotatable bonds is 3. The van der Waals surface area contributed by atoms with Crippen LogP contribution in [-0.4, -0.2) is 28.0 Å². The van der Waals surface area contributed by atoms with Gasteiger partial charge in [-0.15, -0.1) is 5.10 Å². The molecule has 4 rings (SSSR count). The maximum Gasteiger partial charge on any atom is 0.276 e. The summed E-state index contributed by atoms with van der Waals surface area (Å²) >= 11 is 4.98. The maximum absolute atomic E-state index is 12.8. The van der Waals surface area contributed by atoms with Crippen molar-refractivity contribution >= 4 is 50.5 Å². The molecule has 0 unspecified atom stereocenters. The van der Waals surface area contributed by atoms with Gasteiger partial charge in [-0.3, -0.25) is 15.1 Å². The highest BCUT2D eigenvalue weighted by Gasteiger charge is 2.32. The van der Waals surface area contributed by atoms with E-state index in [1.54, 1.807) is 5.01 Å². The van der Waals surface area contributed by atoms with Crippen LogP contribution in [0.15, 0.2) is 69.2 Å². The number of thioether (sulfide) groups is 1. The molecule has 0 aliphatic carbocycles. The molecule has 7 heteroatoms. The maximum atomic E-state index is 12.8. The van der Waals surface area contributed by atoms with Crippen LogP contribution in [0.1, 0.15) is 12.5 Å². The lowest BCUT2D eigenvalue weighted by Gasteiger charge is -2.32. The Bertz CT molecular complexity index is 1070. The lowest BCUT2D eigenvalue weighted by Crippen LogP contribution is -2.52. The molecule has 0 bridgehead atoms. The van der Waals surface area contributed by atoms with Gasteiger partial charge in [0.15, 0.2) is 11.3 Å². The van der Waals surface area contributed by atoms with E-state index in [-0.39, 0.29) is 12.1 Å². The summed E-state index contributed by atoms with van der Waals surface area (Å²) in [6.07, 6.45) is 3.59. The number of fused-ring (bicyclic) bond motifs is 2. The number of amidine groups is 1. The van der Waals surface area contributed by atoms with Crippen molar-refractivity contribution in [3.8, 4) is 0 Å². The Hall–Kier alpha value is -2.38. The van der Waals surface area contributed by atoms with Crippen molar-refractivity contribution in [2.45, 2.75) is 13.1 Å². The highest BCUT2D eigenvalue weighted by molar-refractivity contribution is 9.10. The molecule has 2 aliphatic heterocycles. The lowest BCUT2D eigenvalue weighted by atomic mass is 10.1. The first-order valence-electron chi connectivity index (χ1n) is 8.58. The first-order valence-corrected chi connectivity index (χ1v) is 10.4. The quantitative estimate of drug-likeness (QED) is 0.797. The van der Waals surface area contributed by atoms with Gasteiger partial charge < -0.3 is 0 Å². The molecule has 0 radical (unpaired) electrons. The average Bonchev–Trinajstić information content (AvgIpc) is 2.67. The average molecular weight is 441 g/mol. The predicted molar refractivity (Wildman–Crippen MR) is 113 cm³/mol. The second kappa shape index (κ2) is 7.70. The third-order valence-electron chi connectivity index (χ3n) is 4.14. The van der Waals surface area contributed by atoms with Crippen LogP contribution < -0.4 is 15.9 Å². The van der Waals surface area contributed by atoms with E-state index < -0.39 is 0 Å². The van der Waals surface area contributed by atoms with Gasteiger partial charge in [-0.1, -0.05) is 71.0 Å². The zero-order chi connectivity index (χ0) is 18.8. The summed E-state index contributed by atoms with van der Waals surface area (Å²) in [6.45, 7) is 2.03. The number of hydrogen-bond donors (Lipinski definition) is 1. The van der Waals surface area contributed by atoms with Crippen molar-refractivity contribution in [2.24, 2.45) is 10.1 Å². The Balaban J connectivity index is 1.84. The summed E-state index contributed by atoms with van der Waals surface area (Å²) in [5.74, 6) is 0.667. The van der Waals surface area contributed by atoms with Crippen molar-refractivity contribution in [1.29, 1.82) is 0 Å². The van der Waals surface area contributed by atoms with E-state index in [2.05, 4.69) is 26.3 Å². The zero-order valence-corrected chi connectivity index (χ0v) is 17.0. The van der Waals surface area contributed by atoms with Gasteiger partial charge in [-0.05, 0) is 35.6 Å². The molecule has 0 saturated heterocycles. The highest BCUT2D eigenvalue weighted by Crippen LogP contribution is 2.22. The normalized spacial score (nSPS) is 18.5. The van der Waals surface area contributed by atoms with Gasteiger partial charge in [0.25, 0.3) is 5.91 Å². The molecule has 5 nitrogen and oxygen atoms in total. The van der Waals surface area contributed by atoms with E-state index in [1.165, 1.54) is 11.8 Å². The minimum atomic E-state index is -0.382. The van der Waals surface area contributed by atoms with Crippen molar-refractivity contribution in [1.82, 2.24) is 10.3 Å². The van der Waals surface area contributed by atoms with Crippen molar-refractivity contribution in [2.75, 3.05) is 5.75 Å². The van der Waals surface area contributed by atoms with Gasteiger partial charge in [-0.2, -0.15) is 0 Å². The van der Waals surface area contributed by atoms with Crippen LogP contribution in [-0.2, 0) is 4.79 Å². The summed E-state index contributed by atoms with van der Waals surface area (Å²) in [6, 6.07) is 15.8. The fourth-order valence-corrected chi connectivity index (χ4v) is 3.91. The first kappa shape index (κ1) is 18.0. The molecule has 136 valence electrons. The van der Waals surface area contributed by atoms with Crippen LogP contribution in [0.25, 0.3) is 11.8 Å². The number of nitrogens with one attached hydrogen (secondary N) is 1. The summed E-state index contributed by atoms with van der Waals surface area (Å²) < 4.78 is 0.896. The van der Waals surface area contributed by atoms with Crippen LogP contribution in [0.5, 0.6) is 0 Å². The molecule has 0 fully saturated rings. The summed E-state index contributed by atoms with van der Waals surface area (Å²) in [4.78, 5) is 17.7. The van der Waals surface area contributed by atoms with E-state index in [1.807, 2.05) is 67.6 Å². The smallest absolute Gasteiger partial charge is 0.276 e. The Morgan fingerprint density at radius 2 is 2.07 bits per heavy atom. The second-order valence-electron chi connectivity index (χ2n) is 5.96. The fourth-order valence-electron chi connectivity index (χ4n) is 2.97. The van der Waals surface area contributed by atoms with Crippen LogP contribution in [0.4, 0.5) is 0 Å². The molecular formula is C20H17BrN4OS. The van der Waals surface area contributed by atoms with Crippen LogP contribution in [0, 0.1) is 0 Å². The number of halogens is 1. The summed E-state index contributed by atoms with van der Waals surface area (Å²) in [7, 11) is 0. The molecule has 0 saturated carbocycles. The Morgan fingerprint density at radius 1 is 1.26 bits per heavy atom. The minimum Gasteiger partial charge on any atom is -0.298 e. The van der Waals surface area contributed by atoms with E-state index in [4.69, 9.17) is 4.99 Å². The van der Waals surface area contributed by atoms with E-state index in [0.29, 0.717) is 10.9 Å². The van der Waals surface area contributed by atoms with Gasteiger partial charge in [0, 0.05) is 9.69 Å². The van der Waals surface area contributed by atoms with Gasteiger partial charge in [-0.25, -0.2) is 5.01 Å². The Kier molecular flexibility index (Phi) is 5.13. The first-order chi connectivity index (χ1) is 13.2. The largest absolute Gasteiger partial charge is 0.298 e. The van der Waals surface area contributed by atoms with E-state index >= 15 is 0 Å². The summed E-state index contributed by atoms with van der Waals surface area (Å²) in [5.41, 5.74) is 1.59. The molecule has 27 heavy (non-hydrogen) atoms. The third kappa shape index (κ3) is 3.70. The third-order valence-corrected chi connectivity index (χ3v) is 5.38. The monoisotopic (exact) mass is 440 g/mol. The molecule has 2 aromatic rings. The number of carbonyl (C=O) groups is 1. The molecule has 0 spiro atoms. The van der Waals surface area contributed by atoms with Crippen molar-refractivity contribution in [3.05, 3.63) is 75.2 Å². The van der Waals surface area contributed by atoms with Gasteiger partial charge in [0.2, 0.25) is 0 Å². The zero-order valence-electron chi connectivity index (χ0n) is 14.6. The molecule has 2 aliphatic rings. The molecule has 2 aromatic carbocycles. The summed E-state index contributed by atoms with van der Waals surface area (Å²) in [5, 5.41) is 11.4. The van der Waals surface area contributed by atoms with Crippen molar-refractivity contribution in [3.63, 3.8) is 0 Å². The lowest BCUT2D eigenvalue weighted by molar-refractivity contribution is -0.116. The fraction of sp³-hybridized carbons (Fsp3) is 0.150. The van der Waals surface area contributed by atoms with Gasteiger partial charge in [0.05, 0.1) is 5.36 Å². The standard InChI is InChI=1S/C20H17BrN4OS/c1-2-27-20-23-19(26)18-15-12-14(21)9-10-16(15)22-17(25(18)24-20)11-8-13-6-4-3-5-7-13/h3-12,17H,2H2,1H3,(H,23,24,26)/b11-8+/t17-/m0/s1. The Labute approximate surface area is 169 Å². The number of hydrogen-bond acceptors (Lipinski definition) is 5. The van der Waals surface area contributed by atoms with E-state index in [0.717, 1.165) is 26.4 Å². The number of benzene rings is 2. The topological polar surface area (TPSA) is 57.1 Å². The SMILES string of the molecule is CCSC1=NN2C(=c3cc(Br)ccc3=N[C@@H]2/C=C/c2ccccc2)C(=O)N1. The van der Waals surface area contributed by atoms with E-state index in [9.17, 15) is 4.79 Å². The predicted octanol–water partition coefficient (Wildman–Crippen LogP) is 2.69. The Morgan fingerprint density at radius 3 is 2.85 bits per heavy atom. The van der Waals surface area contributed by atoms with Gasteiger partial charge >= 0.3 is 0 Å². The molecule has 1 N–H and O–H groups in total. The molecule has 2 heterocycles. The minimum absolute atomic E-state index is 0.159. The van der Waals surface area contributed by atoms with Crippen LogP contribution >= 0.6 is 27.7 Å².